The van der Waals surface area contributed by atoms with E-state index in [4.69, 9.17) is 28.4 Å². The highest BCUT2D eigenvalue weighted by Gasteiger charge is 2.40. The Morgan fingerprint density at radius 1 is 0.821 bits per heavy atom. The van der Waals surface area contributed by atoms with Gasteiger partial charge in [0.05, 0.1) is 38.6 Å². The lowest BCUT2D eigenvalue weighted by Gasteiger charge is -2.42. The van der Waals surface area contributed by atoms with Gasteiger partial charge in [0, 0.05) is 0 Å². The lowest BCUT2D eigenvalue weighted by Crippen LogP contribution is -2.51. The van der Waals surface area contributed by atoms with Crippen LogP contribution >= 0.6 is 0 Å². The van der Waals surface area contributed by atoms with Crippen LogP contribution in [0.5, 0.6) is 0 Å². The zero-order valence-corrected chi connectivity index (χ0v) is 23.2. The minimum atomic E-state index is -0.665. The number of benzene rings is 2. The molecular weight excluding hydrogens is 492 g/mol. The molecule has 2 heterocycles. The Morgan fingerprint density at radius 3 is 2.10 bits per heavy atom. The van der Waals surface area contributed by atoms with E-state index in [1.54, 1.807) is 0 Å². The Morgan fingerprint density at radius 2 is 1.44 bits per heavy atom. The standard InChI is InChI=1S/C33H42O6/c1-5-13-28-29(38-32-24-36-33(3,4)39-30(32)14-6-2)20-19-27(35-22-26-17-11-8-12-18-26)31(37-28)23-34-21-25-15-9-7-10-16-25/h5-12,15-20,27-32H,1-2,13-14,21-24H2,3-4H3/t27-,28-,29+,30+,31+,32-/m1/s1. The van der Waals surface area contributed by atoms with Crippen LogP contribution in [0.4, 0.5) is 0 Å². The summed E-state index contributed by atoms with van der Waals surface area (Å²) in [5, 5.41) is 0. The lowest BCUT2D eigenvalue weighted by molar-refractivity contribution is -0.315. The molecule has 2 aromatic carbocycles. The normalized spacial score (nSPS) is 28.5. The zero-order chi connectivity index (χ0) is 27.5. The summed E-state index contributed by atoms with van der Waals surface area (Å²) < 4.78 is 37.9. The summed E-state index contributed by atoms with van der Waals surface area (Å²) in [5.74, 6) is -0.665. The van der Waals surface area contributed by atoms with E-state index < -0.39 is 5.79 Å². The fourth-order valence-corrected chi connectivity index (χ4v) is 4.82. The third-order valence-electron chi connectivity index (χ3n) is 6.83. The highest BCUT2D eigenvalue weighted by atomic mass is 16.7. The Balaban J connectivity index is 1.49. The molecule has 0 spiro atoms. The molecule has 6 heteroatoms. The van der Waals surface area contributed by atoms with E-state index in [9.17, 15) is 0 Å². The number of rotatable bonds is 13. The first-order chi connectivity index (χ1) is 19.0. The van der Waals surface area contributed by atoms with Crippen LogP contribution in [-0.2, 0) is 41.6 Å². The molecule has 0 N–H and O–H groups in total. The Kier molecular flexibility index (Phi) is 11.1. The van der Waals surface area contributed by atoms with Crippen molar-refractivity contribution in [3.05, 3.63) is 109 Å². The van der Waals surface area contributed by atoms with Gasteiger partial charge in [-0.05, 0) is 37.8 Å². The van der Waals surface area contributed by atoms with Gasteiger partial charge in [-0.15, -0.1) is 13.2 Å². The van der Waals surface area contributed by atoms with Crippen molar-refractivity contribution in [2.45, 2.75) is 82.3 Å². The van der Waals surface area contributed by atoms with Crippen LogP contribution in [0.2, 0.25) is 0 Å². The summed E-state index contributed by atoms with van der Waals surface area (Å²) in [6.07, 6.45) is 7.41. The van der Waals surface area contributed by atoms with E-state index in [1.807, 2.05) is 74.5 Å². The second kappa shape index (κ2) is 14.7. The number of hydrogen-bond donors (Lipinski definition) is 0. The van der Waals surface area contributed by atoms with Gasteiger partial charge in [0.1, 0.15) is 24.4 Å². The first-order valence-electron chi connectivity index (χ1n) is 13.8. The average molecular weight is 535 g/mol. The third kappa shape index (κ3) is 8.97. The molecule has 6 nitrogen and oxygen atoms in total. The molecule has 0 amide bonds. The molecule has 0 aromatic heterocycles. The van der Waals surface area contributed by atoms with Crippen molar-refractivity contribution in [2.75, 3.05) is 13.2 Å². The molecule has 2 aromatic rings. The minimum absolute atomic E-state index is 0.164. The predicted molar refractivity (Wildman–Crippen MR) is 152 cm³/mol. The monoisotopic (exact) mass is 534 g/mol. The van der Waals surface area contributed by atoms with Gasteiger partial charge in [-0.2, -0.15) is 0 Å². The van der Waals surface area contributed by atoms with Crippen LogP contribution < -0.4 is 0 Å². The minimum Gasteiger partial charge on any atom is -0.374 e. The van der Waals surface area contributed by atoms with Crippen LogP contribution in [0.15, 0.2) is 98.1 Å². The van der Waals surface area contributed by atoms with Gasteiger partial charge in [-0.3, -0.25) is 0 Å². The van der Waals surface area contributed by atoms with Crippen LogP contribution in [0, 0.1) is 0 Å². The van der Waals surface area contributed by atoms with E-state index in [0.717, 1.165) is 11.1 Å². The molecule has 2 aliphatic heterocycles. The lowest BCUT2D eigenvalue weighted by atomic mass is 10.1. The first kappa shape index (κ1) is 29.4. The van der Waals surface area contributed by atoms with Gasteiger partial charge in [0.2, 0.25) is 0 Å². The molecular formula is C33H42O6. The Hall–Kier alpha value is -2.58. The van der Waals surface area contributed by atoms with E-state index in [0.29, 0.717) is 39.3 Å². The van der Waals surface area contributed by atoms with Crippen LogP contribution in [0.1, 0.15) is 37.8 Å². The summed E-state index contributed by atoms with van der Waals surface area (Å²) in [5.41, 5.74) is 2.21. The topological polar surface area (TPSA) is 55.4 Å². The molecule has 0 bridgehead atoms. The van der Waals surface area contributed by atoms with Gasteiger partial charge in [-0.25, -0.2) is 0 Å². The molecule has 0 radical (unpaired) electrons. The van der Waals surface area contributed by atoms with Gasteiger partial charge in [0.25, 0.3) is 0 Å². The molecule has 2 aliphatic rings. The predicted octanol–water partition coefficient (Wildman–Crippen LogP) is 6.17. The van der Waals surface area contributed by atoms with Gasteiger partial charge < -0.3 is 28.4 Å². The smallest absolute Gasteiger partial charge is 0.163 e. The van der Waals surface area contributed by atoms with Gasteiger partial charge in [0.15, 0.2) is 5.79 Å². The summed E-state index contributed by atoms with van der Waals surface area (Å²) in [6.45, 7) is 13.5. The summed E-state index contributed by atoms with van der Waals surface area (Å²) in [7, 11) is 0. The van der Waals surface area contributed by atoms with E-state index in [2.05, 4.69) is 37.4 Å². The number of ether oxygens (including phenoxy) is 6. The van der Waals surface area contributed by atoms with Crippen LogP contribution in [0.3, 0.4) is 0 Å². The SMILES string of the molecule is C=CC[C@@H]1OC(C)(C)OC[C@H]1O[C@H]1C=C[C@@H](OCc2ccccc2)[C@H](COCc2ccccc2)O[C@@H]1CC=C. The van der Waals surface area contributed by atoms with E-state index in [-0.39, 0.29) is 36.6 Å². The van der Waals surface area contributed by atoms with Crippen molar-refractivity contribution in [3.63, 3.8) is 0 Å². The highest BCUT2D eigenvalue weighted by molar-refractivity contribution is 5.15. The molecule has 0 saturated carbocycles. The van der Waals surface area contributed by atoms with Crippen molar-refractivity contribution < 1.29 is 28.4 Å². The van der Waals surface area contributed by atoms with Crippen molar-refractivity contribution in [1.29, 1.82) is 0 Å². The molecule has 1 fully saturated rings. The van der Waals surface area contributed by atoms with Crippen molar-refractivity contribution >= 4 is 0 Å². The first-order valence-corrected chi connectivity index (χ1v) is 13.8. The maximum absolute atomic E-state index is 6.67. The fourth-order valence-electron chi connectivity index (χ4n) is 4.82. The van der Waals surface area contributed by atoms with E-state index >= 15 is 0 Å². The molecule has 6 atom stereocenters. The fraction of sp³-hybridized carbons (Fsp3) is 0.455. The van der Waals surface area contributed by atoms with Crippen LogP contribution in [-0.4, -0.2) is 55.6 Å². The van der Waals surface area contributed by atoms with Gasteiger partial charge in [-0.1, -0.05) is 85.0 Å². The van der Waals surface area contributed by atoms with Crippen molar-refractivity contribution in [2.24, 2.45) is 0 Å². The van der Waals surface area contributed by atoms with Crippen molar-refractivity contribution in [3.8, 4) is 0 Å². The molecule has 4 rings (SSSR count). The van der Waals surface area contributed by atoms with E-state index in [1.165, 1.54) is 0 Å². The quantitative estimate of drug-likeness (QED) is 0.287. The largest absolute Gasteiger partial charge is 0.374 e. The molecule has 39 heavy (non-hydrogen) atoms. The molecule has 1 saturated heterocycles. The maximum Gasteiger partial charge on any atom is 0.163 e. The summed E-state index contributed by atoms with van der Waals surface area (Å²) in [4.78, 5) is 0. The summed E-state index contributed by atoms with van der Waals surface area (Å²) >= 11 is 0. The van der Waals surface area contributed by atoms with Crippen molar-refractivity contribution in [1.82, 2.24) is 0 Å². The third-order valence-corrected chi connectivity index (χ3v) is 6.83. The summed E-state index contributed by atoms with van der Waals surface area (Å²) in [6, 6.07) is 20.3. The second-order valence-electron chi connectivity index (χ2n) is 10.4. The van der Waals surface area contributed by atoms with Crippen LogP contribution in [0.25, 0.3) is 0 Å². The molecule has 0 aliphatic carbocycles. The zero-order valence-electron chi connectivity index (χ0n) is 23.2. The Labute approximate surface area is 233 Å². The second-order valence-corrected chi connectivity index (χ2v) is 10.4. The molecule has 0 unspecified atom stereocenters. The number of hydrogen-bond acceptors (Lipinski definition) is 6. The Bertz CT molecular complexity index is 1040. The average Bonchev–Trinajstić information content (AvgIpc) is 3.09. The van der Waals surface area contributed by atoms with Gasteiger partial charge >= 0.3 is 0 Å². The highest BCUT2D eigenvalue weighted by Crippen LogP contribution is 2.30. The molecule has 210 valence electrons. The maximum atomic E-state index is 6.67.